The number of aryl methyl sites for hydroxylation is 1. The van der Waals surface area contributed by atoms with Gasteiger partial charge in [0.15, 0.2) is 5.82 Å². The fourth-order valence-corrected chi connectivity index (χ4v) is 1.32. The molecule has 74 valence electrons. The lowest BCUT2D eigenvalue weighted by Gasteiger charge is -2.23. The molecule has 1 N–H and O–H groups in total. The summed E-state index contributed by atoms with van der Waals surface area (Å²) in [6.45, 7) is 8.20. The van der Waals surface area contributed by atoms with Crippen molar-refractivity contribution in [2.75, 3.05) is 5.32 Å². The molecule has 0 aliphatic rings. The lowest BCUT2D eigenvalue weighted by molar-refractivity contribution is 0.404. The second kappa shape index (κ2) is 3.77. The zero-order valence-corrected chi connectivity index (χ0v) is 8.72. The van der Waals surface area contributed by atoms with Gasteiger partial charge in [0.2, 0.25) is 0 Å². The summed E-state index contributed by atoms with van der Waals surface area (Å²) >= 11 is 0. The first-order valence-electron chi connectivity index (χ1n) is 4.62. The first-order valence-corrected chi connectivity index (χ1v) is 4.62. The average Bonchev–Trinajstić information content (AvgIpc) is 2.34. The summed E-state index contributed by atoms with van der Waals surface area (Å²) in [7, 11) is 0. The molecular weight excluding hydrogens is 166 g/mol. The van der Waals surface area contributed by atoms with Crippen LogP contribution in [0.4, 0.5) is 6.01 Å². The normalized spacial score (nSPS) is 11.7. The number of nitrogens with one attached hydrogen (secondary N) is 1. The fourth-order valence-electron chi connectivity index (χ4n) is 1.32. The minimum Gasteiger partial charge on any atom is -0.333 e. The van der Waals surface area contributed by atoms with E-state index in [1.807, 2.05) is 6.92 Å². The molecule has 4 heteroatoms. The highest BCUT2D eigenvalue weighted by molar-refractivity contribution is 5.23. The smallest absolute Gasteiger partial charge is 0.321 e. The molecule has 0 atom stereocenters. The van der Waals surface area contributed by atoms with E-state index in [1.165, 1.54) is 0 Å². The van der Waals surface area contributed by atoms with E-state index in [-0.39, 0.29) is 5.54 Å². The summed E-state index contributed by atoms with van der Waals surface area (Å²) in [5, 5.41) is 6.91. The van der Waals surface area contributed by atoms with E-state index in [0.29, 0.717) is 11.8 Å². The highest BCUT2D eigenvalue weighted by atomic mass is 16.5. The van der Waals surface area contributed by atoms with Gasteiger partial charge in [-0.2, -0.15) is 4.98 Å². The zero-order chi connectivity index (χ0) is 9.90. The minimum absolute atomic E-state index is 0.0216. The van der Waals surface area contributed by atoms with Crippen LogP contribution in [0.25, 0.3) is 0 Å². The second-order valence-electron chi connectivity index (χ2n) is 3.91. The molecule has 0 spiro atoms. The average molecular weight is 183 g/mol. The maximum atomic E-state index is 4.97. The molecule has 0 radical (unpaired) electrons. The Labute approximate surface area is 78.7 Å². The van der Waals surface area contributed by atoms with Crippen LogP contribution in [-0.2, 0) is 0 Å². The summed E-state index contributed by atoms with van der Waals surface area (Å²) in [5.74, 6) is 0.662. The molecule has 4 nitrogen and oxygen atoms in total. The SMILES string of the molecule is CCCC(C)(C)Nc1nc(C)no1. The molecule has 1 rings (SSSR count). The highest BCUT2D eigenvalue weighted by Gasteiger charge is 2.18. The van der Waals surface area contributed by atoms with Crippen LogP contribution in [0.15, 0.2) is 4.52 Å². The Morgan fingerprint density at radius 3 is 2.62 bits per heavy atom. The van der Waals surface area contributed by atoms with Gasteiger partial charge in [-0.25, -0.2) is 0 Å². The van der Waals surface area contributed by atoms with Crippen LogP contribution >= 0.6 is 0 Å². The topological polar surface area (TPSA) is 51.0 Å². The van der Waals surface area contributed by atoms with Crippen molar-refractivity contribution in [3.8, 4) is 0 Å². The quantitative estimate of drug-likeness (QED) is 0.778. The summed E-state index contributed by atoms with van der Waals surface area (Å²) < 4.78 is 4.97. The molecule has 0 saturated heterocycles. The third-order valence-corrected chi connectivity index (χ3v) is 1.85. The maximum Gasteiger partial charge on any atom is 0.321 e. The molecule has 0 unspecified atom stereocenters. The van der Waals surface area contributed by atoms with E-state index < -0.39 is 0 Å². The van der Waals surface area contributed by atoms with Gasteiger partial charge < -0.3 is 9.84 Å². The predicted molar refractivity (Wildman–Crippen MR) is 51.6 cm³/mol. The molecular formula is C9H17N3O. The number of nitrogens with zero attached hydrogens (tertiary/aromatic N) is 2. The molecule has 0 aliphatic heterocycles. The van der Waals surface area contributed by atoms with Gasteiger partial charge >= 0.3 is 6.01 Å². The molecule has 0 saturated carbocycles. The van der Waals surface area contributed by atoms with Gasteiger partial charge in [0.05, 0.1) is 0 Å². The van der Waals surface area contributed by atoms with Crippen molar-refractivity contribution < 1.29 is 4.52 Å². The van der Waals surface area contributed by atoms with Gasteiger partial charge in [-0.3, -0.25) is 0 Å². The third kappa shape index (κ3) is 3.05. The molecule has 13 heavy (non-hydrogen) atoms. The van der Waals surface area contributed by atoms with Crippen molar-refractivity contribution in [1.29, 1.82) is 0 Å². The highest BCUT2D eigenvalue weighted by Crippen LogP contribution is 2.17. The van der Waals surface area contributed by atoms with Gasteiger partial charge in [0.25, 0.3) is 0 Å². The summed E-state index contributed by atoms with van der Waals surface area (Å²) in [6, 6.07) is 0.510. The van der Waals surface area contributed by atoms with E-state index in [1.54, 1.807) is 0 Å². The molecule has 0 bridgehead atoms. The summed E-state index contributed by atoms with van der Waals surface area (Å²) in [4.78, 5) is 4.09. The Bertz CT molecular complexity index is 268. The summed E-state index contributed by atoms with van der Waals surface area (Å²) in [5.41, 5.74) is 0.0216. The Kier molecular flexibility index (Phi) is 2.90. The lowest BCUT2D eigenvalue weighted by atomic mass is 9.99. The summed E-state index contributed by atoms with van der Waals surface area (Å²) in [6.07, 6.45) is 2.21. The zero-order valence-electron chi connectivity index (χ0n) is 8.72. The van der Waals surface area contributed by atoms with Crippen LogP contribution in [-0.4, -0.2) is 15.7 Å². The molecule has 1 aromatic rings. The van der Waals surface area contributed by atoms with Crippen molar-refractivity contribution >= 4 is 6.01 Å². The molecule has 1 aromatic heterocycles. The molecule has 0 fully saturated rings. The number of anilines is 1. The Morgan fingerprint density at radius 1 is 1.46 bits per heavy atom. The van der Waals surface area contributed by atoms with Crippen LogP contribution in [0.3, 0.4) is 0 Å². The largest absolute Gasteiger partial charge is 0.333 e. The molecule has 0 aromatic carbocycles. The first kappa shape index (κ1) is 10.0. The fraction of sp³-hybridized carbons (Fsp3) is 0.778. The van der Waals surface area contributed by atoms with E-state index >= 15 is 0 Å². The minimum atomic E-state index is 0.0216. The van der Waals surface area contributed by atoms with Gasteiger partial charge in [0, 0.05) is 5.54 Å². The lowest BCUT2D eigenvalue weighted by Crippen LogP contribution is -2.30. The van der Waals surface area contributed by atoms with Gasteiger partial charge in [-0.05, 0) is 27.2 Å². The predicted octanol–water partition coefficient (Wildman–Crippen LogP) is 2.37. The Balaban J connectivity index is 2.57. The molecule has 1 heterocycles. The van der Waals surface area contributed by atoms with Crippen molar-refractivity contribution in [3.05, 3.63) is 5.82 Å². The van der Waals surface area contributed by atoms with Gasteiger partial charge in [-0.15, -0.1) is 0 Å². The van der Waals surface area contributed by atoms with Crippen molar-refractivity contribution in [2.24, 2.45) is 0 Å². The van der Waals surface area contributed by atoms with Gasteiger partial charge in [-0.1, -0.05) is 18.5 Å². The third-order valence-electron chi connectivity index (χ3n) is 1.85. The van der Waals surface area contributed by atoms with Crippen LogP contribution in [0.1, 0.15) is 39.4 Å². The number of rotatable bonds is 4. The first-order chi connectivity index (χ1) is 6.03. The number of hydrogen-bond acceptors (Lipinski definition) is 4. The number of hydrogen-bond donors (Lipinski definition) is 1. The van der Waals surface area contributed by atoms with Crippen molar-refractivity contribution in [3.63, 3.8) is 0 Å². The number of aromatic nitrogens is 2. The maximum absolute atomic E-state index is 4.97. The van der Waals surface area contributed by atoms with E-state index in [0.717, 1.165) is 12.8 Å². The molecule has 0 amide bonds. The van der Waals surface area contributed by atoms with E-state index in [9.17, 15) is 0 Å². The van der Waals surface area contributed by atoms with Crippen molar-refractivity contribution in [2.45, 2.75) is 46.1 Å². The van der Waals surface area contributed by atoms with Crippen molar-refractivity contribution in [1.82, 2.24) is 10.1 Å². The Morgan fingerprint density at radius 2 is 2.15 bits per heavy atom. The van der Waals surface area contributed by atoms with E-state index in [4.69, 9.17) is 4.52 Å². The molecule has 0 aliphatic carbocycles. The monoisotopic (exact) mass is 183 g/mol. The Hall–Kier alpha value is -1.06. The van der Waals surface area contributed by atoms with E-state index in [2.05, 4.69) is 36.2 Å². The standard InChI is InChI=1S/C9H17N3O/c1-5-6-9(3,4)11-8-10-7(2)12-13-8/h5-6H2,1-4H3,(H,10,11,12). The van der Waals surface area contributed by atoms with Gasteiger partial charge in [0.1, 0.15) is 0 Å². The van der Waals surface area contributed by atoms with Crippen LogP contribution in [0.5, 0.6) is 0 Å². The van der Waals surface area contributed by atoms with Crippen LogP contribution in [0.2, 0.25) is 0 Å². The van der Waals surface area contributed by atoms with Crippen LogP contribution < -0.4 is 5.32 Å². The van der Waals surface area contributed by atoms with Crippen LogP contribution in [0, 0.1) is 6.92 Å². The second-order valence-corrected chi connectivity index (χ2v) is 3.91.